The van der Waals surface area contributed by atoms with Crippen molar-refractivity contribution in [2.24, 2.45) is 7.05 Å². The van der Waals surface area contributed by atoms with Gasteiger partial charge in [0, 0.05) is 13.1 Å². The summed E-state index contributed by atoms with van der Waals surface area (Å²) in [4.78, 5) is 4.72. The van der Waals surface area contributed by atoms with E-state index < -0.39 is 0 Å². The number of rotatable bonds is 6. The van der Waals surface area contributed by atoms with Crippen LogP contribution in [0.2, 0.25) is 0 Å². The molecule has 0 spiro atoms. The molecule has 0 bridgehead atoms. The molecule has 1 heterocycles. The third kappa shape index (κ3) is 4.21. The van der Waals surface area contributed by atoms with Gasteiger partial charge in [0.2, 0.25) is 0 Å². The second-order valence-electron chi connectivity index (χ2n) is 7.83. The van der Waals surface area contributed by atoms with Crippen LogP contribution < -0.4 is 9.47 Å². The number of hydrogen-bond acceptors (Lipinski definition) is 3. The van der Waals surface area contributed by atoms with Crippen LogP contribution in [0.5, 0.6) is 17.2 Å². The van der Waals surface area contributed by atoms with E-state index in [4.69, 9.17) is 14.5 Å². The highest BCUT2D eigenvalue weighted by molar-refractivity contribution is 5.78. The molecule has 0 unspecified atom stereocenters. The highest BCUT2D eigenvalue weighted by Gasteiger charge is 2.10. The number of ether oxygens (including phenoxy) is 2. The summed E-state index contributed by atoms with van der Waals surface area (Å²) in [6.07, 6.45) is 0. The van der Waals surface area contributed by atoms with Gasteiger partial charge in [0.1, 0.15) is 29.7 Å². The van der Waals surface area contributed by atoms with E-state index in [1.807, 2.05) is 79.8 Å². The van der Waals surface area contributed by atoms with Gasteiger partial charge >= 0.3 is 0 Å². The molecule has 0 aliphatic rings. The number of hydrogen-bond donors (Lipinski definition) is 0. The van der Waals surface area contributed by atoms with E-state index in [1.165, 1.54) is 16.7 Å². The summed E-state index contributed by atoms with van der Waals surface area (Å²) in [6, 6.07) is 32.5. The van der Waals surface area contributed by atoms with Gasteiger partial charge in [0.05, 0.1) is 11.0 Å². The van der Waals surface area contributed by atoms with E-state index in [2.05, 4.69) is 35.8 Å². The molecular weight excluding hydrogens is 396 g/mol. The fourth-order valence-corrected chi connectivity index (χ4v) is 3.68. The number of nitrogens with zero attached hydrogens (tertiary/aromatic N) is 2. The minimum absolute atomic E-state index is 0.408. The van der Waals surface area contributed by atoms with Crippen LogP contribution in [-0.4, -0.2) is 9.55 Å². The molecule has 5 aromatic rings. The first-order chi connectivity index (χ1) is 15.7. The average Bonchev–Trinajstić information content (AvgIpc) is 3.15. The highest BCUT2D eigenvalue weighted by atomic mass is 16.5. The number of benzene rings is 4. The van der Waals surface area contributed by atoms with Crippen LogP contribution in [0.25, 0.3) is 22.2 Å². The number of aryl methyl sites for hydroxylation is 2. The van der Waals surface area contributed by atoms with Gasteiger partial charge in [-0.3, -0.25) is 0 Å². The zero-order valence-corrected chi connectivity index (χ0v) is 18.2. The van der Waals surface area contributed by atoms with Crippen LogP contribution >= 0.6 is 0 Å². The lowest BCUT2D eigenvalue weighted by molar-refractivity contribution is 0.292. The lowest BCUT2D eigenvalue weighted by Crippen LogP contribution is -2.03. The maximum Gasteiger partial charge on any atom is 0.147 e. The monoisotopic (exact) mass is 420 g/mol. The maximum absolute atomic E-state index is 6.11. The molecule has 0 N–H and O–H groups in total. The van der Waals surface area contributed by atoms with Crippen molar-refractivity contribution in [3.05, 3.63) is 108 Å². The molecule has 0 fully saturated rings. The molecule has 4 heteroatoms. The third-order valence-electron chi connectivity index (χ3n) is 5.53. The first-order valence-electron chi connectivity index (χ1n) is 10.6. The van der Waals surface area contributed by atoms with Gasteiger partial charge in [-0.15, -0.1) is 0 Å². The summed E-state index contributed by atoms with van der Waals surface area (Å²) in [5, 5.41) is 0. The first kappa shape index (κ1) is 19.9. The SMILES string of the molecule is Cc1ccc(OCc2nc3ccc(Oc4ccc(-c5ccccc5)cc4)cc3n2C)cc1. The Kier molecular flexibility index (Phi) is 5.34. The van der Waals surface area contributed by atoms with Gasteiger partial charge in [0.25, 0.3) is 0 Å². The van der Waals surface area contributed by atoms with Gasteiger partial charge < -0.3 is 14.0 Å². The van der Waals surface area contributed by atoms with Crippen LogP contribution in [0, 0.1) is 6.92 Å². The average molecular weight is 421 g/mol. The van der Waals surface area contributed by atoms with E-state index in [0.717, 1.165) is 34.1 Å². The molecule has 5 rings (SSSR count). The molecule has 1 aromatic heterocycles. The van der Waals surface area contributed by atoms with Crippen LogP contribution in [0.15, 0.2) is 97.1 Å². The fraction of sp³-hybridized carbons (Fsp3) is 0.107. The molecule has 0 aliphatic carbocycles. The van der Waals surface area contributed by atoms with E-state index in [9.17, 15) is 0 Å². The van der Waals surface area contributed by atoms with Crippen molar-refractivity contribution in [1.82, 2.24) is 9.55 Å². The lowest BCUT2D eigenvalue weighted by atomic mass is 10.1. The molecule has 158 valence electrons. The zero-order chi connectivity index (χ0) is 21.9. The van der Waals surface area contributed by atoms with Crippen LogP contribution in [0.3, 0.4) is 0 Å². The van der Waals surface area contributed by atoms with Gasteiger partial charge in [-0.25, -0.2) is 4.98 Å². The minimum atomic E-state index is 0.408. The summed E-state index contributed by atoms with van der Waals surface area (Å²) < 4.78 is 14.1. The Bertz CT molecular complexity index is 1340. The van der Waals surface area contributed by atoms with Crippen molar-refractivity contribution in [2.45, 2.75) is 13.5 Å². The van der Waals surface area contributed by atoms with Gasteiger partial charge in [-0.05, 0) is 54.4 Å². The maximum atomic E-state index is 6.11. The largest absolute Gasteiger partial charge is 0.486 e. The topological polar surface area (TPSA) is 36.3 Å². The molecule has 0 saturated heterocycles. The quantitative estimate of drug-likeness (QED) is 0.299. The van der Waals surface area contributed by atoms with Crippen LogP contribution in [0.1, 0.15) is 11.4 Å². The summed E-state index contributed by atoms with van der Waals surface area (Å²) in [7, 11) is 2.00. The standard InChI is InChI=1S/C28H24N2O2/c1-20-8-12-23(13-9-20)31-19-28-29-26-17-16-25(18-27(26)30(28)2)32-24-14-10-22(11-15-24)21-6-4-3-5-7-21/h3-18H,19H2,1-2H3. The molecule has 0 aliphatic heterocycles. The second kappa shape index (κ2) is 8.60. The zero-order valence-electron chi connectivity index (χ0n) is 18.2. The Labute approximate surface area is 187 Å². The first-order valence-corrected chi connectivity index (χ1v) is 10.6. The number of aromatic nitrogens is 2. The van der Waals surface area contributed by atoms with E-state index >= 15 is 0 Å². The fourth-order valence-electron chi connectivity index (χ4n) is 3.68. The smallest absolute Gasteiger partial charge is 0.147 e. The van der Waals surface area contributed by atoms with Crippen molar-refractivity contribution < 1.29 is 9.47 Å². The number of imidazole rings is 1. The van der Waals surface area contributed by atoms with Crippen molar-refractivity contribution >= 4 is 11.0 Å². The Morgan fingerprint density at radius 3 is 2.12 bits per heavy atom. The molecule has 0 amide bonds. The predicted octanol–water partition coefficient (Wildman–Crippen LogP) is 6.92. The van der Waals surface area contributed by atoms with Crippen LogP contribution in [0.4, 0.5) is 0 Å². The third-order valence-corrected chi connectivity index (χ3v) is 5.53. The normalized spacial score (nSPS) is 10.9. The lowest BCUT2D eigenvalue weighted by Gasteiger charge is -2.08. The molecular formula is C28H24N2O2. The summed E-state index contributed by atoms with van der Waals surface area (Å²) >= 11 is 0. The summed E-state index contributed by atoms with van der Waals surface area (Å²) in [6.45, 7) is 2.47. The molecule has 4 aromatic carbocycles. The van der Waals surface area contributed by atoms with Crippen molar-refractivity contribution in [1.29, 1.82) is 0 Å². The second-order valence-corrected chi connectivity index (χ2v) is 7.83. The van der Waals surface area contributed by atoms with Crippen molar-refractivity contribution in [3.63, 3.8) is 0 Å². The molecule has 0 atom stereocenters. The molecule has 4 nitrogen and oxygen atoms in total. The van der Waals surface area contributed by atoms with Gasteiger partial charge in [0.15, 0.2) is 0 Å². The molecule has 0 radical (unpaired) electrons. The highest BCUT2D eigenvalue weighted by Crippen LogP contribution is 2.28. The minimum Gasteiger partial charge on any atom is -0.486 e. The van der Waals surface area contributed by atoms with Gasteiger partial charge in [-0.2, -0.15) is 0 Å². The molecule has 32 heavy (non-hydrogen) atoms. The predicted molar refractivity (Wildman–Crippen MR) is 128 cm³/mol. The number of fused-ring (bicyclic) bond motifs is 1. The Morgan fingerprint density at radius 1 is 0.719 bits per heavy atom. The molecule has 0 saturated carbocycles. The van der Waals surface area contributed by atoms with E-state index in [-0.39, 0.29) is 0 Å². The van der Waals surface area contributed by atoms with E-state index in [0.29, 0.717) is 6.61 Å². The van der Waals surface area contributed by atoms with Crippen molar-refractivity contribution in [2.75, 3.05) is 0 Å². The Morgan fingerprint density at radius 2 is 1.38 bits per heavy atom. The van der Waals surface area contributed by atoms with Crippen molar-refractivity contribution in [3.8, 4) is 28.4 Å². The van der Waals surface area contributed by atoms with Crippen LogP contribution in [-0.2, 0) is 13.7 Å². The Hall–Kier alpha value is -4.05. The Balaban J connectivity index is 1.32. The summed E-state index contributed by atoms with van der Waals surface area (Å²) in [5.74, 6) is 3.28. The van der Waals surface area contributed by atoms with E-state index in [1.54, 1.807) is 0 Å². The summed E-state index contributed by atoms with van der Waals surface area (Å²) in [5.41, 5.74) is 5.49. The van der Waals surface area contributed by atoms with Gasteiger partial charge in [-0.1, -0.05) is 60.2 Å².